The lowest BCUT2D eigenvalue weighted by molar-refractivity contribution is 0.881. The van der Waals surface area contributed by atoms with Gasteiger partial charge < -0.3 is 0 Å². The first-order valence-electron chi connectivity index (χ1n) is 3.72. The molecule has 0 amide bonds. The van der Waals surface area contributed by atoms with E-state index in [0.717, 1.165) is 5.69 Å². The molecule has 0 saturated carbocycles. The van der Waals surface area contributed by atoms with E-state index in [4.69, 9.17) is 23.2 Å². The molecule has 66 valence electrons. The van der Waals surface area contributed by atoms with E-state index in [1.165, 1.54) is 0 Å². The summed E-state index contributed by atoms with van der Waals surface area (Å²) >= 11 is 11.6. The molecular weight excluding hydrogens is 207 g/mol. The van der Waals surface area contributed by atoms with Crippen LogP contribution in [-0.4, -0.2) is 9.78 Å². The minimum atomic E-state index is 0.537. The van der Waals surface area contributed by atoms with Crippen molar-refractivity contribution in [2.45, 2.75) is 0 Å². The van der Waals surface area contributed by atoms with Gasteiger partial charge in [0.05, 0.1) is 15.7 Å². The fourth-order valence-corrected chi connectivity index (χ4v) is 1.34. The largest absolute Gasteiger partial charge is 0.241 e. The van der Waals surface area contributed by atoms with Crippen molar-refractivity contribution in [1.82, 2.24) is 9.78 Å². The van der Waals surface area contributed by atoms with E-state index in [1.54, 1.807) is 23.0 Å². The Morgan fingerprint density at radius 3 is 2.62 bits per heavy atom. The van der Waals surface area contributed by atoms with Gasteiger partial charge in [-0.1, -0.05) is 23.2 Å². The maximum absolute atomic E-state index is 5.86. The van der Waals surface area contributed by atoms with Gasteiger partial charge in [-0.2, -0.15) is 5.10 Å². The van der Waals surface area contributed by atoms with E-state index in [2.05, 4.69) is 5.10 Å². The summed E-state index contributed by atoms with van der Waals surface area (Å²) in [5, 5.41) is 5.16. The Kier molecular flexibility index (Phi) is 2.25. The van der Waals surface area contributed by atoms with Crippen LogP contribution in [0.1, 0.15) is 0 Å². The van der Waals surface area contributed by atoms with E-state index in [1.807, 2.05) is 18.3 Å². The minimum Gasteiger partial charge on any atom is -0.241 e. The Bertz CT molecular complexity index is 410. The van der Waals surface area contributed by atoms with Crippen LogP contribution in [0.3, 0.4) is 0 Å². The first kappa shape index (κ1) is 8.60. The predicted molar refractivity (Wildman–Crippen MR) is 53.6 cm³/mol. The first-order chi connectivity index (χ1) is 6.27. The predicted octanol–water partition coefficient (Wildman–Crippen LogP) is 3.18. The molecule has 1 aromatic carbocycles. The summed E-state index contributed by atoms with van der Waals surface area (Å²) in [6.07, 6.45) is 3.56. The summed E-state index contributed by atoms with van der Waals surface area (Å²) in [5.41, 5.74) is 0.902. The van der Waals surface area contributed by atoms with Crippen LogP contribution >= 0.6 is 23.2 Å². The molecule has 0 aliphatic carbocycles. The molecule has 0 radical (unpaired) electrons. The quantitative estimate of drug-likeness (QED) is 0.711. The highest BCUT2D eigenvalue weighted by Gasteiger charge is 2.00. The highest BCUT2D eigenvalue weighted by molar-refractivity contribution is 6.42. The molecule has 0 N–H and O–H groups in total. The number of hydrogen-bond acceptors (Lipinski definition) is 1. The van der Waals surface area contributed by atoms with Gasteiger partial charge in [0.1, 0.15) is 0 Å². The van der Waals surface area contributed by atoms with Crippen molar-refractivity contribution < 1.29 is 0 Å². The number of halogens is 2. The van der Waals surface area contributed by atoms with E-state index < -0.39 is 0 Å². The zero-order valence-corrected chi connectivity index (χ0v) is 8.13. The van der Waals surface area contributed by atoms with Crippen LogP contribution in [0.25, 0.3) is 5.69 Å². The zero-order valence-electron chi connectivity index (χ0n) is 6.61. The third kappa shape index (κ3) is 1.69. The molecule has 1 heterocycles. The van der Waals surface area contributed by atoms with Crippen molar-refractivity contribution in [3.05, 3.63) is 46.7 Å². The van der Waals surface area contributed by atoms with Crippen LogP contribution in [0.4, 0.5) is 0 Å². The fourth-order valence-electron chi connectivity index (χ4n) is 1.05. The van der Waals surface area contributed by atoms with Crippen molar-refractivity contribution in [3.63, 3.8) is 0 Å². The minimum absolute atomic E-state index is 0.537. The van der Waals surface area contributed by atoms with Crippen LogP contribution in [0, 0.1) is 0 Å². The summed E-state index contributed by atoms with van der Waals surface area (Å²) in [5.74, 6) is 0. The first-order valence-corrected chi connectivity index (χ1v) is 4.48. The molecule has 0 spiro atoms. The molecule has 2 rings (SSSR count). The second kappa shape index (κ2) is 3.40. The summed E-state index contributed by atoms with van der Waals surface area (Å²) in [6.45, 7) is 0. The van der Waals surface area contributed by atoms with Crippen molar-refractivity contribution in [1.29, 1.82) is 0 Å². The Balaban J connectivity index is 2.49. The molecule has 0 saturated heterocycles. The molecular formula is C9H6Cl2N2. The van der Waals surface area contributed by atoms with Gasteiger partial charge in [-0.15, -0.1) is 0 Å². The zero-order chi connectivity index (χ0) is 9.26. The van der Waals surface area contributed by atoms with Crippen LogP contribution in [-0.2, 0) is 0 Å². The van der Waals surface area contributed by atoms with Gasteiger partial charge >= 0.3 is 0 Å². The Labute approximate surface area is 85.7 Å². The maximum Gasteiger partial charge on any atom is 0.0661 e. The van der Waals surface area contributed by atoms with E-state index in [0.29, 0.717) is 10.0 Å². The molecule has 2 aromatic rings. The molecule has 0 aliphatic rings. The molecule has 0 unspecified atom stereocenters. The van der Waals surface area contributed by atoms with Crippen LogP contribution in [0.15, 0.2) is 36.7 Å². The van der Waals surface area contributed by atoms with Gasteiger partial charge in [-0.05, 0) is 24.3 Å². The third-order valence-corrected chi connectivity index (χ3v) is 2.41. The molecule has 1 aromatic heterocycles. The van der Waals surface area contributed by atoms with Gasteiger partial charge in [0.25, 0.3) is 0 Å². The number of rotatable bonds is 1. The third-order valence-electron chi connectivity index (χ3n) is 1.67. The molecule has 13 heavy (non-hydrogen) atoms. The lowest BCUT2D eigenvalue weighted by atomic mass is 10.3. The van der Waals surface area contributed by atoms with Gasteiger partial charge in [0.15, 0.2) is 0 Å². The maximum atomic E-state index is 5.86. The van der Waals surface area contributed by atoms with Crippen molar-refractivity contribution in [3.8, 4) is 5.69 Å². The molecule has 0 atom stereocenters. The Hall–Kier alpha value is -0.990. The summed E-state index contributed by atoms with van der Waals surface area (Å²) < 4.78 is 1.72. The molecule has 2 nitrogen and oxygen atoms in total. The number of nitrogens with zero attached hydrogens (tertiary/aromatic N) is 2. The molecule has 4 heteroatoms. The number of benzene rings is 1. The highest BCUT2D eigenvalue weighted by Crippen LogP contribution is 2.23. The second-order valence-electron chi connectivity index (χ2n) is 2.55. The smallest absolute Gasteiger partial charge is 0.0661 e. The van der Waals surface area contributed by atoms with Gasteiger partial charge in [-0.25, -0.2) is 4.68 Å². The molecule has 0 bridgehead atoms. The summed E-state index contributed by atoms with van der Waals surface area (Å²) in [7, 11) is 0. The van der Waals surface area contributed by atoms with E-state index >= 15 is 0 Å². The summed E-state index contributed by atoms with van der Waals surface area (Å²) in [4.78, 5) is 0. The van der Waals surface area contributed by atoms with Crippen molar-refractivity contribution in [2.24, 2.45) is 0 Å². The van der Waals surface area contributed by atoms with E-state index in [9.17, 15) is 0 Å². The molecule has 0 aliphatic heterocycles. The SMILES string of the molecule is Clc1ccc(-n2cccn2)cc1Cl. The molecule has 0 fully saturated rings. The van der Waals surface area contributed by atoms with E-state index in [-0.39, 0.29) is 0 Å². The van der Waals surface area contributed by atoms with Gasteiger partial charge in [-0.3, -0.25) is 0 Å². The van der Waals surface area contributed by atoms with Crippen LogP contribution in [0.2, 0.25) is 10.0 Å². The fraction of sp³-hybridized carbons (Fsp3) is 0. The van der Waals surface area contributed by atoms with Gasteiger partial charge in [0.2, 0.25) is 0 Å². The van der Waals surface area contributed by atoms with Crippen LogP contribution < -0.4 is 0 Å². The van der Waals surface area contributed by atoms with Gasteiger partial charge in [0, 0.05) is 12.4 Å². The average Bonchev–Trinajstić information content (AvgIpc) is 2.62. The normalized spacial score (nSPS) is 10.3. The van der Waals surface area contributed by atoms with Crippen molar-refractivity contribution >= 4 is 23.2 Å². The lowest BCUT2D eigenvalue weighted by Gasteiger charge is -2.02. The standard InChI is InChI=1S/C9H6Cl2N2/c10-8-3-2-7(6-9(8)11)13-5-1-4-12-13/h1-6H. The summed E-state index contributed by atoms with van der Waals surface area (Å²) in [6, 6.07) is 7.24. The Morgan fingerprint density at radius 1 is 1.15 bits per heavy atom. The topological polar surface area (TPSA) is 17.8 Å². The van der Waals surface area contributed by atoms with Crippen molar-refractivity contribution in [2.75, 3.05) is 0 Å². The number of aromatic nitrogens is 2. The average molecular weight is 213 g/mol. The Morgan fingerprint density at radius 2 is 2.00 bits per heavy atom. The van der Waals surface area contributed by atoms with Crippen LogP contribution in [0.5, 0.6) is 0 Å². The second-order valence-corrected chi connectivity index (χ2v) is 3.36. The lowest BCUT2D eigenvalue weighted by Crippen LogP contribution is -1.93. The number of hydrogen-bond donors (Lipinski definition) is 0. The highest BCUT2D eigenvalue weighted by atomic mass is 35.5. The monoisotopic (exact) mass is 212 g/mol.